The van der Waals surface area contributed by atoms with Gasteiger partial charge < -0.3 is 15.7 Å². The molecule has 18 heavy (non-hydrogen) atoms. The molecule has 1 saturated carbocycles. The van der Waals surface area contributed by atoms with E-state index in [1.807, 2.05) is 6.92 Å². The highest BCUT2D eigenvalue weighted by Gasteiger charge is 2.33. The summed E-state index contributed by atoms with van der Waals surface area (Å²) in [7, 11) is 0. The van der Waals surface area contributed by atoms with Crippen LogP contribution in [0.15, 0.2) is 11.1 Å². The van der Waals surface area contributed by atoms with E-state index in [0.717, 1.165) is 43.5 Å². The molecule has 2 unspecified atom stereocenters. The van der Waals surface area contributed by atoms with E-state index >= 15 is 0 Å². The summed E-state index contributed by atoms with van der Waals surface area (Å²) in [5, 5.41) is 15.0. The molecule has 2 atom stereocenters. The highest BCUT2D eigenvalue weighted by atomic mass is 16.4. The Morgan fingerprint density at radius 3 is 2.67 bits per heavy atom. The standard InChI is InChI=1S/C13H20N2O3/c1-8(10-5-14-6-10)12(16)15-7-9-3-2-4-11(9)13(17)18/h9,11,14H,2-7H2,1H3,(H,15,16)(H,17,18). The van der Waals surface area contributed by atoms with Crippen molar-refractivity contribution in [3.63, 3.8) is 0 Å². The predicted molar refractivity (Wildman–Crippen MR) is 67.0 cm³/mol. The van der Waals surface area contributed by atoms with E-state index in [1.165, 1.54) is 0 Å². The molecule has 5 nitrogen and oxygen atoms in total. The van der Waals surface area contributed by atoms with Crippen molar-refractivity contribution in [2.24, 2.45) is 11.8 Å². The van der Waals surface area contributed by atoms with E-state index in [1.54, 1.807) is 0 Å². The summed E-state index contributed by atoms with van der Waals surface area (Å²) in [5.74, 6) is -0.986. The third-order valence-electron chi connectivity index (χ3n) is 4.05. The van der Waals surface area contributed by atoms with Gasteiger partial charge in [0.15, 0.2) is 0 Å². The van der Waals surface area contributed by atoms with Crippen molar-refractivity contribution in [1.29, 1.82) is 0 Å². The molecule has 0 aromatic carbocycles. The molecule has 3 N–H and O–H groups in total. The van der Waals surface area contributed by atoms with Gasteiger partial charge in [0, 0.05) is 25.2 Å². The van der Waals surface area contributed by atoms with Crippen molar-refractivity contribution in [1.82, 2.24) is 10.6 Å². The monoisotopic (exact) mass is 252 g/mol. The van der Waals surface area contributed by atoms with Crippen LogP contribution >= 0.6 is 0 Å². The summed E-state index contributed by atoms with van der Waals surface area (Å²) < 4.78 is 0. The molecule has 1 aliphatic carbocycles. The van der Waals surface area contributed by atoms with Crippen LogP contribution in [0.5, 0.6) is 0 Å². The lowest BCUT2D eigenvalue weighted by Gasteiger charge is -2.22. The topological polar surface area (TPSA) is 78.4 Å². The zero-order valence-corrected chi connectivity index (χ0v) is 10.7. The molecule has 1 saturated heterocycles. The molecule has 1 heterocycles. The zero-order valence-electron chi connectivity index (χ0n) is 10.7. The maximum atomic E-state index is 11.9. The van der Waals surface area contributed by atoms with Gasteiger partial charge in [0.1, 0.15) is 0 Å². The number of amides is 1. The van der Waals surface area contributed by atoms with Crippen LogP contribution in [0.1, 0.15) is 26.2 Å². The Morgan fingerprint density at radius 2 is 2.11 bits per heavy atom. The van der Waals surface area contributed by atoms with Crippen LogP contribution in [0.3, 0.4) is 0 Å². The van der Waals surface area contributed by atoms with E-state index in [4.69, 9.17) is 5.11 Å². The van der Waals surface area contributed by atoms with Crippen LogP contribution in [-0.2, 0) is 9.59 Å². The van der Waals surface area contributed by atoms with Gasteiger partial charge in [0.05, 0.1) is 5.92 Å². The summed E-state index contributed by atoms with van der Waals surface area (Å²) in [6, 6.07) is 0. The Bertz CT molecular complexity index is 384. The highest BCUT2D eigenvalue weighted by Crippen LogP contribution is 2.31. The first kappa shape index (κ1) is 13.1. The molecule has 0 aromatic rings. The number of carboxylic acid groups (broad SMARTS) is 1. The molecular weight excluding hydrogens is 232 g/mol. The second-order valence-electron chi connectivity index (χ2n) is 5.18. The smallest absolute Gasteiger partial charge is 0.306 e. The van der Waals surface area contributed by atoms with Crippen LogP contribution < -0.4 is 10.6 Å². The number of carboxylic acids is 1. The molecular formula is C13H20N2O3. The highest BCUT2D eigenvalue weighted by molar-refractivity contribution is 5.94. The first-order valence-corrected chi connectivity index (χ1v) is 6.50. The maximum Gasteiger partial charge on any atom is 0.306 e. The second kappa shape index (κ2) is 5.52. The lowest BCUT2D eigenvalue weighted by molar-refractivity contribution is -0.143. The van der Waals surface area contributed by atoms with Crippen molar-refractivity contribution in [3.8, 4) is 0 Å². The fourth-order valence-corrected chi connectivity index (χ4v) is 2.64. The number of aliphatic carboxylic acids is 1. The van der Waals surface area contributed by atoms with Gasteiger partial charge >= 0.3 is 5.97 Å². The van der Waals surface area contributed by atoms with Crippen molar-refractivity contribution >= 4 is 11.9 Å². The molecule has 2 fully saturated rings. The minimum absolute atomic E-state index is 0.0532. The first-order valence-electron chi connectivity index (χ1n) is 6.50. The van der Waals surface area contributed by atoms with Gasteiger partial charge in [-0.25, -0.2) is 0 Å². The summed E-state index contributed by atoms with van der Waals surface area (Å²) >= 11 is 0. The van der Waals surface area contributed by atoms with Crippen molar-refractivity contribution < 1.29 is 14.7 Å². The molecule has 100 valence electrons. The number of rotatable bonds is 4. The van der Waals surface area contributed by atoms with Gasteiger partial charge in [-0.15, -0.1) is 0 Å². The van der Waals surface area contributed by atoms with E-state index < -0.39 is 5.97 Å². The molecule has 2 aliphatic rings. The van der Waals surface area contributed by atoms with Crippen molar-refractivity contribution in [2.75, 3.05) is 19.6 Å². The lowest BCUT2D eigenvalue weighted by atomic mass is 9.96. The molecule has 1 aliphatic heterocycles. The molecule has 0 bridgehead atoms. The Hall–Kier alpha value is -1.36. The predicted octanol–water partition coefficient (Wildman–Crippen LogP) is 0.523. The number of carbonyl (C=O) groups is 2. The van der Waals surface area contributed by atoms with Crippen LogP contribution in [-0.4, -0.2) is 36.6 Å². The normalized spacial score (nSPS) is 26.6. The molecule has 0 aromatic heterocycles. The number of hydrogen-bond donors (Lipinski definition) is 3. The van der Waals surface area contributed by atoms with E-state index in [2.05, 4.69) is 10.6 Å². The molecule has 0 spiro atoms. The van der Waals surface area contributed by atoms with E-state index in [9.17, 15) is 9.59 Å². The minimum Gasteiger partial charge on any atom is -0.481 e. The van der Waals surface area contributed by atoms with Crippen LogP contribution in [0.25, 0.3) is 0 Å². The van der Waals surface area contributed by atoms with Gasteiger partial charge in [-0.2, -0.15) is 0 Å². The van der Waals surface area contributed by atoms with E-state index in [0.29, 0.717) is 6.54 Å². The molecule has 1 amide bonds. The molecule has 2 rings (SSSR count). The Morgan fingerprint density at radius 1 is 1.39 bits per heavy atom. The molecule has 0 radical (unpaired) electrons. The fraction of sp³-hybridized carbons (Fsp3) is 0.692. The van der Waals surface area contributed by atoms with Crippen LogP contribution in [0, 0.1) is 11.8 Å². The summed E-state index contributed by atoms with van der Waals surface area (Å²) in [6.07, 6.45) is 2.58. The van der Waals surface area contributed by atoms with Gasteiger partial charge in [-0.05, 0) is 31.3 Å². The Balaban J connectivity index is 1.84. The number of hydrogen-bond acceptors (Lipinski definition) is 3. The quantitative estimate of drug-likeness (QED) is 0.637. The second-order valence-corrected chi connectivity index (χ2v) is 5.18. The summed E-state index contributed by atoms with van der Waals surface area (Å²) in [6.45, 7) is 3.89. The largest absolute Gasteiger partial charge is 0.481 e. The average Bonchev–Trinajstić information content (AvgIpc) is 2.71. The minimum atomic E-state index is -0.731. The Kier molecular flexibility index (Phi) is 4.01. The van der Waals surface area contributed by atoms with Gasteiger partial charge in [-0.3, -0.25) is 9.59 Å². The van der Waals surface area contributed by atoms with Crippen LogP contribution in [0.4, 0.5) is 0 Å². The van der Waals surface area contributed by atoms with Crippen LogP contribution in [0.2, 0.25) is 0 Å². The van der Waals surface area contributed by atoms with Gasteiger partial charge in [0.25, 0.3) is 0 Å². The van der Waals surface area contributed by atoms with Gasteiger partial charge in [-0.1, -0.05) is 6.42 Å². The summed E-state index contributed by atoms with van der Waals surface area (Å²) in [4.78, 5) is 22.9. The first-order chi connectivity index (χ1) is 8.59. The zero-order chi connectivity index (χ0) is 13.1. The fourth-order valence-electron chi connectivity index (χ4n) is 2.64. The average molecular weight is 252 g/mol. The van der Waals surface area contributed by atoms with Crippen molar-refractivity contribution in [3.05, 3.63) is 11.1 Å². The molecule has 5 heteroatoms. The third-order valence-corrected chi connectivity index (χ3v) is 4.05. The summed E-state index contributed by atoms with van der Waals surface area (Å²) in [5.41, 5.74) is 1.92. The Labute approximate surface area is 107 Å². The van der Waals surface area contributed by atoms with Crippen molar-refractivity contribution in [2.45, 2.75) is 26.2 Å². The number of carbonyl (C=O) groups excluding carboxylic acids is 1. The lowest BCUT2D eigenvalue weighted by Crippen LogP contribution is -2.39. The van der Waals surface area contributed by atoms with Gasteiger partial charge in [0.2, 0.25) is 5.91 Å². The maximum absolute atomic E-state index is 11.9. The van der Waals surface area contributed by atoms with E-state index in [-0.39, 0.29) is 17.7 Å². The third kappa shape index (κ3) is 2.72. The SMILES string of the molecule is CC(C(=O)NCC1CCCC1C(=O)O)=C1CNC1. The number of nitrogens with one attached hydrogen (secondary N) is 2.